The van der Waals surface area contributed by atoms with Gasteiger partial charge in [-0.1, -0.05) is 29.8 Å². The van der Waals surface area contributed by atoms with Crippen LogP contribution in [0.25, 0.3) is 0 Å². The summed E-state index contributed by atoms with van der Waals surface area (Å²) in [5, 5.41) is 0. The molecule has 0 aliphatic rings. The molecule has 0 rings (SSSR count). The molecular weight excluding hydrogens is 275 g/mol. The van der Waals surface area contributed by atoms with Crippen molar-refractivity contribution in [2.45, 2.75) is 40.5 Å². The molecule has 1 atom stereocenters. The Bertz CT molecular complexity index is 258. The molecular formula is C12H20BrFO2. The van der Waals surface area contributed by atoms with E-state index < -0.39 is 0 Å². The number of rotatable bonds is 6. The van der Waals surface area contributed by atoms with Crippen LogP contribution in [0, 0.1) is 11.8 Å². The van der Waals surface area contributed by atoms with E-state index >= 15 is 0 Å². The minimum atomic E-state index is -0.382. The average molecular weight is 295 g/mol. The maximum atomic E-state index is 13.5. The van der Waals surface area contributed by atoms with Crippen LogP contribution in [0.2, 0.25) is 0 Å². The van der Waals surface area contributed by atoms with E-state index in [1.807, 2.05) is 13.8 Å². The first kappa shape index (κ1) is 15.6. The molecule has 0 aromatic heterocycles. The number of carbonyl (C=O) groups excluding carboxylic acids is 1. The molecule has 1 unspecified atom stereocenters. The van der Waals surface area contributed by atoms with Gasteiger partial charge in [0.2, 0.25) is 0 Å². The molecule has 0 N–H and O–H groups in total. The third-order valence-electron chi connectivity index (χ3n) is 2.18. The lowest BCUT2D eigenvalue weighted by Gasteiger charge is -2.16. The molecule has 2 nitrogen and oxygen atoms in total. The highest BCUT2D eigenvalue weighted by molar-refractivity contribution is 9.11. The van der Waals surface area contributed by atoms with Gasteiger partial charge < -0.3 is 4.74 Å². The van der Waals surface area contributed by atoms with Gasteiger partial charge in [0, 0.05) is 10.9 Å². The molecule has 0 aliphatic heterocycles. The number of carbonyl (C=O) groups is 1. The number of allylic oxidation sites excluding steroid dienone is 2. The summed E-state index contributed by atoms with van der Waals surface area (Å²) in [7, 11) is 0. The highest BCUT2D eigenvalue weighted by Gasteiger charge is 2.23. The minimum absolute atomic E-state index is 0.119. The Morgan fingerprint density at radius 2 is 2.00 bits per heavy atom. The Balaban J connectivity index is 4.55. The van der Waals surface area contributed by atoms with Gasteiger partial charge in [-0.15, -0.1) is 0 Å². The van der Waals surface area contributed by atoms with Crippen LogP contribution in [0.15, 0.2) is 10.3 Å². The van der Waals surface area contributed by atoms with Gasteiger partial charge in [0.15, 0.2) is 0 Å². The minimum Gasteiger partial charge on any atom is -0.466 e. The second-order valence-electron chi connectivity index (χ2n) is 4.22. The molecule has 0 aliphatic carbocycles. The van der Waals surface area contributed by atoms with Gasteiger partial charge in [-0.05, 0) is 26.2 Å². The highest BCUT2D eigenvalue weighted by atomic mass is 79.9. The summed E-state index contributed by atoms with van der Waals surface area (Å²) < 4.78 is 18.8. The number of hydrogen-bond donors (Lipinski definition) is 0. The van der Waals surface area contributed by atoms with Crippen molar-refractivity contribution >= 4 is 21.9 Å². The van der Waals surface area contributed by atoms with E-state index in [1.54, 1.807) is 13.8 Å². The van der Waals surface area contributed by atoms with Crippen molar-refractivity contribution in [2.24, 2.45) is 11.8 Å². The summed E-state index contributed by atoms with van der Waals surface area (Å²) in [4.78, 5) is 11.6. The number of ether oxygens (including phenoxy) is 1. The molecule has 16 heavy (non-hydrogen) atoms. The predicted octanol–water partition coefficient (Wildman–Crippen LogP) is 4.20. The molecule has 0 bridgehead atoms. The largest absolute Gasteiger partial charge is 0.466 e. The maximum Gasteiger partial charge on any atom is 0.309 e. The number of esters is 1. The van der Waals surface area contributed by atoms with Gasteiger partial charge in [0.25, 0.3) is 0 Å². The third-order valence-corrected chi connectivity index (χ3v) is 2.61. The molecule has 0 saturated carbocycles. The molecule has 0 amide bonds. The zero-order chi connectivity index (χ0) is 12.7. The Hall–Kier alpha value is -0.380. The van der Waals surface area contributed by atoms with Crippen molar-refractivity contribution in [3.05, 3.63) is 10.3 Å². The second kappa shape index (κ2) is 7.82. The van der Waals surface area contributed by atoms with Crippen LogP contribution >= 0.6 is 15.9 Å². The van der Waals surface area contributed by atoms with Gasteiger partial charge in [0.05, 0.1) is 12.5 Å². The van der Waals surface area contributed by atoms with Crippen LogP contribution in [0.3, 0.4) is 0 Å². The van der Waals surface area contributed by atoms with Crippen molar-refractivity contribution < 1.29 is 13.9 Å². The summed E-state index contributed by atoms with van der Waals surface area (Å²) in [6.07, 6.45) is 0.765. The van der Waals surface area contributed by atoms with Gasteiger partial charge in [-0.3, -0.25) is 4.79 Å². The average Bonchev–Trinajstić information content (AvgIpc) is 2.16. The molecule has 0 spiro atoms. The summed E-state index contributed by atoms with van der Waals surface area (Å²) in [5.41, 5.74) is 0. The molecule has 0 aromatic carbocycles. The fourth-order valence-corrected chi connectivity index (χ4v) is 1.61. The first-order valence-electron chi connectivity index (χ1n) is 5.55. The van der Waals surface area contributed by atoms with Crippen molar-refractivity contribution in [3.8, 4) is 0 Å². The number of halogens is 2. The van der Waals surface area contributed by atoms with Crippen molar-refractivity contribution in [1.29, 1.82) is 0 Å². The Morgan fingerprint density at radius 1 is 1.44 bits per heavy atom. The Morgan fingerprint density at radius 3 is 2.38 bits per heavy atom. The predicted molar refractivity (Wildman–Crippen MR) is 66.9 cm³/mol. The lowest BCUT2D eigenvalue weighted by atomic mass is 9.93. The number of hydrogen-bond acceptors (Lipinski definition) is 2. The summed E-state index contributed by atoms with van der Waals surface area (Å²) in [6.45, 7) is 7.74. The molecule has 0 fully saturated rings. The van der Waals surface area contributed by atoms with Crippen LogP contribution in [-0.2, 0) is 9.53 Å². The van der Waals surface area contributed by atoms with Gasteiger partial charge in [-0.25, -0.2) is 4.39 Å². The standard InChI is InChI=1S/C12H20BrFO2/c1-5-16-12(15)10(6-8(2)3)7-11(14)9(4)13/h8,10H,5-7H2,1-4H3/b11-9-. The first-order chi connectivity index (χ1) is 7.38. The van der Waals surface area contributed by atoms with Crippen LogP contribution in [0.5, 0.6) is 0 Å². The highest BCUT2D eigenvalue weighted by Crippen LogP contribution is 2.25. The zero-order valence-corrected chi connectivity index (χ0v) is 11.9. The fraction of sp³-hybridized carbons (Fsp3) is 0.750. The van der Waals surface area contributed by atoms with Crippen molar-refractivity contribution in [2.75, 3.05) is 6.61 Å². The van der Waals surface area contributed by atoms with Crippen LogP contribution in [0.4, 0.5) is 4.39 Å². The molecule has 0 saturated heterocycles. The van der Waals surface area contributed by atoms with E-state index in [9.17, 15) is 9.18 Å². The normalized spacial score (nSPS) is 14.7. The van der Waals surface area contributed by atoms with Gasteiger partial charge >= 0.3 is 5.97 Å². The molecule has 4 heteroatoms. The van der Waals surface area contributed by atoms with E-state index in [-0.39, 0.29) is 24.1 Å². The Labute approximate surface area is 105 Å². The lowest BCUT2D eigenvalue weighted by Crippen LogP contribution is -2.20. The molecule has 0 aromatic rings. The summed E-state index contributed by atoms with van der Waals surface area (Å²) in [5.74, 6) is -0.621. The third kappa shape index (κ3) is 6.26. The topological polar surface area (TPSA) is 26.3 Å². The van der Waals surface area contributed by atoms with E-state index in [1.165, 1.54) is 0 Å². The van der Waals surface area contributed by atoms with Crippen LogP contribution < -0.4 is 0 Å². The lowest BCUT2D eigenvalue weighted by molar-refractivity contribution is -0.148. The van der Waals surface area contributed by atoms with Gasteiger partial charge in [0.1, 0.15) is 5.83 Å². The summed E-state index contributed by atoms with van der Waals surface area (Å²) >= 11 is 3.08. The van der Waals surface area contributed by atoms with E-state index in [0.717, 1.165) is 0 Å². The van der Waals surface area contributed by atoms with Crippen LogP contribution in [-0.4, -0.2) is 12.6 Å². The second-order valence-corrected chi connectivity index (χ2v) is 5.41. The fourth-order valence-electron chi connectivity index (χ4n) is 1.45. The van der Waals surface area contributed by atoms with E-state index in [4.69, 9.17) is 4.74 Å². The van der Waals surface area contributed by atoms with Crippen molar-refractivity contribution in [1.82, 2.24) is 0 Å². The van der Waals surface area contributed by atoms with Crippen molar-refractivity contribution in [3.63, 3.8) is 0 Å². The molecule has 94 valence electrons. The Kier molecular flexibility index (Phi) is 7.64. The van der Waals surface area contributed by atoms with E-state index in [0.29, 0.717) is 23.4 Å². The monoisotopic (exact) mass is 294 g/mol. The maximum absolute atomic E-state index is 13.5. The smallest absolute Gasteiger partial charge is 0.309 e. The molecule has 0 heterocycles. The zero-order valence-electron chi connectivity index (χ0n) is 10.3. The van der Waals surface area contributed by atoms with Gasteiger partial charge in [-0.2, -0.15) is 0 Å². The summed E-state index contributed by atoms with van der Waals surface area (Å²) in [6, 6.07) is 0. The van der Waals surface area contributed by atoms with Crippen LogP contribution in [0.1, 0.15) is 40.5 Å². The molecule has 0 radical (unpaired) electrons. The van der Waals surface area contributed by atoms with E-state index in [2.05, 4.69) is 15.9 Å². The first-order valence-corrected chi connectivity index (χ1v) is 6.35. The SMILES string of the molecule is CCOC(=O)C(C/C(F)=C(\C)Br)CC(C)C. The quantitative estimate of drug-likeness (QED) is 0.686.